The summed E-state index contributed by atoms with van der Waals surface area (Å²) in [6.07, 6.45) is 5.37. The van der Waals surface area contributed by atoms with Crippen molar-refractivity contribution < 1.29 is 19.1 Å². The lowest BCUT2D eigenvalue weighted by molar-refractivity contribution is -0.152. The molecule has 34 heavy (non-hydrogen) atoms. The fraction of sp³-hybridized carbons (Fsp3) is 0.346. The molecule has 4 aromatic rings. The average molecular weight is 461 g/mol. The summed E-state index contributed by atoms with van der Waals surface area (Å²) < 4.78 is 11.8. The van der Waals surface area contributed by atoms with Gasteiger partial charge in [-0.05, 0) is 51.0 Å². The molecule has 1 aliphatic heterocycles. The number of anilines is 1. The van der Waals surface area contributed by atoms with Crippen LogP contribution in [0.2, 0.25) is 0 Å². The molecule has 176 valence electrons. The van der Waals surface area contributed by atoms with E-state index >= 15 is 0 Å². The third kappa shape index (κ3) is 4.54. The van der Waals surface area contributed by atoms with Crippen LogP contribution in [0.15, 0.2) is 59.3 Å². The molecule has 1 saturated heterocycles. The summed E-state index contributed by atoms with van der Waals surface area (Å²) in [6.45, 7) is 5.24. The highest BCUT2D eigenvalue weighted by atomic mass is 16.5. The zero-order valence-corrected chi connectivity index (χ0v) is 19.3. The second-order valence-electron chi connectivity index (χ2n) is 9.39. The molecule has 8 nitrogen and oxygen atoms in total. The molecule has 0 radical (unpaired) electrons. The fourth-order valence-electron chi connectivity index (χ4n) is 4.06. The maximum absolute atomic E-state index is 11.3. The van der Waals surface area contributed by atoms with Gasteiger partial charge in [0.2, 0.25) is 0 Å². The van der Waals surface area contributed by atoms with Crippen molar-refractivity contribution in [3.63, 3.8) is 0 Å². The quantitative estimate of drug-likeness (QED) is 0.401. The van der Waals surface area contributed by atoms with Crippen molar-refractivity contribution in [2.45, 2.75) is 32.8 Å². The minimum atomic E-state index is -0.870. The van der Waals surface area contributed by atoms with Gasteiger partial charge in [0.25, 0.3) is 0 Å². The van der Waals surface area contributed by atoms with Gasteiger partial charge in [0.05, 0.1) is 24.3 Å². The third-order valence-electron chi connectivity index (χ3n) is 6.31. The molecule has 0 spiro atoms. The number of nitrogens with one attached hydrogen (secondary N) is 1. The lowest BCUT2D eigenvalue weighted by atomic mass is 9.95. The second kappa shape index (κ2) is 8.95. The van der Waals surface area contributed by atoms with Crippen LogP contribution in [0, 0.1) is 5.41 Å². The SMILES string of the molecule is CC(C)(COC1CCN(c2ccc(-c3ncc(-c4cc5ccccc5o4)[nH]3)cn2)CC1)C(=O)O. The molecule has 0 aliphatic carbocycles. The molecular formula is C26H28N4O4. The van der Waals surface area contributed by atoms with E-state index in [1.807, 2.05) is 48.7 Å². The summed E-state index contributed by atoms with van der Waals surface area (Å²) in [5, 5.41) is 10.3. The summed E-state index contributed by atoms with van der Waals surface area (Å²) in [5.74, 6) is 1.57. The number of carbonyl (C=O) groups is 1. The number of H-pyrrole nitrogens is 1. The summed E-state index contributed by atoms with van der Waals surface area (Å²) in [5.41, 5.74) is 1.70. The molecular weight excluding hydrogens is 432 g/mol. The van der Waals surface area contributed by atoms with Gasteiger partial charge in [0, 0.05) is 30.2 Å². The van der Waals surface area contributed by atoms with E-state index in [0.29, 0.717) is 0 Å². The van der Waals surface area contributed by atoms with Crippen LogP contribution in [-0.4, -0.2) is 51.8 Å². The van der Waals surface area contributed by atoms with E-state index < -0.39 is 11.4 Å². The van der Waals surface area contributed by atoms with Crippen LogP contribution in [0.5, 0.6) is 0 Å². The van der Waals surface area contributed by atoms with Gasteiger partial charge < -0.3 is 24.1 Å². The van der Waals surface area contributed by atoms with Crippen LogP contribution in [-0.2, 0) is 9.53 Å². The molecule has 1 aromatic carbocycles. The number of pyridine rings is 1. The Morgan fingerprint density at radius 3 is 2.68 bits per heavy atom. The molecule has 0 saturated carbocycles. The maximum Gasteiger partial charge on any atom is 0.311 e. The van der Waals surface area contributed by atoms with E-state index in [9.17, 15) is 9.90 Å². The first-order valence-electron chi connectivity index (χ1n) is 11.5. The number of piperidine rings is 1. The third-order valence-corrected chi connectivity index (χ3v) is 6.31. The van der Waals surface area contributed by atoms with E-state index in [2.05, 4.69) is 19.9 Å². The smallest absolute Gasteiger partial charge is 0.311 e. The van der Waals surface area contributed by atoms with Crippen LogP contribution < -0.4 is 4.90 Å². The Bertz CT molecular complexity index is 1250. The van der Waals surface area contributed by atoms with Crippen LogP contribution in [0.25, 0.3) is 33.8 Å². The summed E-state index contributed by atoms with van der Waals surface area (Å²) >= 11 is 0. The highest BCUT2D eigenvalue weighted by molar-refractivity contribution is 5.82. The normalized spacial score (nSPS) is 15.2. The van der Waals surface area contributed by atoms with Crippen LogP contribution in [0.3, 0.4) is 0 Å². The fourth-order valence-corrected chi connectivity index (χ4v) is 4.06. The Kier molecular flexibility index (Phi) is 5.83. The Hall–Kier alpha value is -3.65. The number of nitrogens with zero attached hydrogens (tertiary/aromatic N) is 3. The molecule has 4 heterocycles. The van der Waals surface area contributed by atoms with Gasteiger partial charge in [-0.15, -0.1) is 0 Å². The zero-order valence-electron chi connectivity index (χ0n) is 19.3. The van der Waals surface area contributed by atoms with E-state index in [0.717, 1.165) is 65.6 Å². The Balaban J connectivity index is 1.20. The van der Waals surface area contributed by atoms with E-state index in [1.54, 1.807) is 20.0 Å². The predicted octanol–water partition coefficient (Wildman–Crippen LogP) is 4.98. The number of carboxylic acids is 1. The van der Waals surface area contributed by atoms with Crippen LogP contribution >= 0.6 is 0 Å². The first kappa shape index (κ1) is 22.2. The first-order valence-corrected chi connectivity index (χ1v) is 11.5. The number of para-hydroxylation sites is 1. The Morgan fingerprint density at radius 2 is 1.97 bits per heavy atom. The molecule has 0 bridgehead atoms. The van der Waals surface area contributed by atoms with E-state index in [-0.39, 0.29) is 12.7 Å². The molecule has 0 amide bonds. The van der Waals surface area contributed by atoms with Crippen molar-refractivity contribution in [1.82, 2.24) is 15.0 Å². The molecule has 1 fully saturated rings. The molecule has 2 N–H and O–H groups in total. The number of carboxylic acid groups (broad SMARTS) is 1. The highest BCUT2D eigenvalue weighted by Gasteiger charge is 2.30. The number of aromatic nitrogens is 3. The predicted molar refractivity (Wildman–Crippen MR) is 130 cm³/mol. The summed E-state index contributed by atoms with van der Waals surface area (Å²) in [7, 11) is 0. The minimum absolute atomic E-state index is 0.0777. The summed E-state index contributed by atoms with van der Waals surface area (Å²) in [6, 6.07) is 13.9. The van der Waals surface area contributed by atoms with Crippen molar-refractivity contribution >= 4 is 22.8 Å². The van der Waals surface area contributed by atoms with Crippen LogP contribution in [0.4, 0.5) is 5.82 Å². The number of aromatic amines is 1. The largest absolute Gasteiger partial charge is 0.481 e. The number of furan rings is 1. The Labute approximate surface area is 197 Å². The maximum atomic E-state index is 11.3. The van der Waals surface area contributed by atoms with Gasteiger partial charge in [-0.3, -0.25) is 4.79 Å². The zero-order chi connectivity index (χ0) is 23.7. The van der Waals surface area contributed by atoms with Crippen molar-refractivity contribution in [2.24, 2.45) is 5.41 Å². The average Bonchev–Trinajstić information content (AvgIpc) is 3.50. The molecule has 0 atom stereocenters. The number of rotatable bonds is 7. The van der Waals surface area contributed by atoms with Crippen molar-refractivity contribution in [3.8, 4) is 22.8 Å². The monoisotopic (exact) mass is 460 g/mol. The van der Waals surface area contributed by atoms with Crippen molar-refractivity contribution in [2.75, 3.05) is 24.6 Å². The second-order valence-corrected chi connectivity index (χ2v) is 9.39. The number of hydrogen-bond donors (Lipinski definition) is 2. The van der Waals surface area contributed by atoms with Gasteiger partial charge in [0.1, 0.15) is 22.9 Å². The van der Waals surface area contributed by atoms with E-state index in [4.69, 9.17) is 9.15 Å². The van der Waals surface area contributed by atoms with Gasteiger partial charge >= 0.3 is 5.97 Å². The number of hydrogen-bond acceptors (Lipinski definition) is 6. The minimum Gasteiger partial charge on any atom is -0.481 e. The summed E-state index contributed by atoms with van der Waals surface area (Å²) in [4.78, 5) is 26.0. The van der Waals surface area contributed by atoms with Crippen LogP contribution in [0.1, 0.15) is 26.7 Å². The topological polar surface area (TPSA) is 104 Å². The standard InChI is InChI=1S/C26H28N4O4/c1-26(2,25(31)32)16-33-19-9-11-30(12-10-19)23-8-7-18(14-27-23)24-28-15-20(29-24)22-13-17-5-3-4-6-21(17)34-22/h3-8,13-15,19H,9-12,16H2,1-2H3,(H,28,29)(H,31,32). The number of ether oxygens (including phenoxy) is 1. The lowest BCUT2D eigenvalue weighted by Gasteiger charge is -2.34. The van der Waals surface area contributed by atoms with Crippen molar-refractivity contribution in [3.05, 3.63) is 54.9 Å². The first-order chi connectivity index (χ1) is 16.4. The van der Waals surface area contributed by atoms with Gasteiger partial charge in [-0.2, -0.15) is 0 Å². The molecule has 1 aliphatic rings. The molecule has 8 heteroatoms. The number of imidazole rings is 1. The van der Waals surface area contributed by atoms with Gasteiger partial charge in [0.15, 0.2) is 5.76 Å². The number of benzene rings is 1. The Morgan fingerprint density at radius 1 is 1.18 bits per heavy atom. The van der Waals surface area contributed by atoms with Crippen molar-refractivity contribution in [1.29, 1.82) is 0 Å². The highest BCUT2D eigenvalue weighted by Crippen LogP contribution is 2.29. The van der Waals surface area contributed by atoms with E-state index in [1.165, 1.54) is 0 Å². The number of fused-ring (bicyclic) bond motifs is 1. The van der Waals surface area contributed by atoms with Gasteiger partial charge in [-0.1, -0.05) is 18.2 Å². The lowest BCUT2D eigenvalue weighted by Crippen LogP contribution is -2.39. The van der Waals surface area contributed by atoms with Gasteiger partial charge in [-0.25, -0.2) is 9.97 Å². The molecule has 5 rings (SSSR count). The number of aliphatic carboxylic acids is 1. The molecule has 3 aromatic heterocycles. The molecule has 0 unspecified atom stereocenters.